The summed E-state index contributed by atoms with van der Waals surface area (Å²) in [5, 5.41) is 15.7. The molecule has 1 atom stereocenters. The molecule has 1 saturated heterocycles. The molecule has 0 aromatic carbocycles. The van der Waals surface area contributed by atoms with Crippen LogP contribution in [0, 0.1) is 13.8 Å². The number of aryl methyl sites for hydroxylation is 2. The normalized spacial score (nSPS) is 19.0. The Balaban J connectivity index is 1.45. The highest BCUT2D eigenvalue weighted by Gasteiger charge is 2.20. The van der Waals surface area contributed by atoms with Crippen LogP contribution in [-0.4, -0.2) is 63.8 Å². The predicted octanol–water partition coefficient (Wildman–Crippen LogP) is 1.10. The summed E-state index contributed by atoms with van der Waals surface area (Å²) in [4.78, 5) is 2.43. The lowest BCUT2D eigenvalue weighted by Gasteiger charge is -2.33. The first kappa shape index (κ1) is 15.9. The highest BCUT2D eigenvalue weighted by molar-refractivity contribution is 5.31. The molecule has 7 heteroatoms. The van der Waals surface area contributed by atoms with E-state index in [0.29, 0.717) is 0 Å². The number of morpholine rings is 1. The zero-order valence-electron chi connectivity index (χ0n) is 13.8. The van der Waals surface area contributed by atoms with Crippen LogP contribution in [-0.2, 0) is 11.3 Å². The zero-order chi connectivity index (χ0) is 16.1. The van der Waals surface area contributed by atoms with Crippen molar-refractivity contribution in [2.45, 2.75) is 26.5 Å². The highest BCUT2D eigenvalue weighted by atomic mass is 16.5. The van der Waals surface area contributed by atoms with Crippen molar-refractivity contribution in [2.24, 2.45) is 0 Å². The number of anilines is 1. The van der Waals surface area contributed by atoms with Crippen molar-refractivity contribution in [2.75, 3.05) is 38.1 Å². The molecule has 2 aromatic rings. The van der Waals surface area contributed by atoms with Gasteiger partial charge in [-0.05, 0) is 32.0 Å². The van der Waals surface area contributed by atoms with Crippen LogP contribution in [0.5, 0.6) is 0 Å². The SMILES string of the molecule is Cc1cc(C)n(CCN2CCO[C@H](CNc3cccnn3)C2)n1. The van der Waals surface area contributed by atoms with Gasteiger partial charge < -0.3 is 10.1 Å². The van der Waals surface area contributed by atoms with Gasteiger partial charge in [-0.25, -0.2) is 0 Å². The summed E-state index contributed by atoms with van der Waals surface area (Å²) in [5.41, 5.74) is 2.30. The molecule has 3 rings (SSSR count). The molecule has 23 heavy (non-hydrogen) atoms. The van der Waals surface area contributed by atoms with Crippen molar-refractivity contribution in [3.8, 4) is 0 Å². The van der Waals surface area contributed by atoms with E-state index in [4.69, 9.17) is 4.74 Å². The van der Waals surface area contributed by atoms with Gasteiger partial charge in [-0.3, -0.25) is 9.58 Å². The molecule has 1 fully saturated rings. The molecular formula is C16H24N6O. The van der Waals surface area contributed by atoms with Gasteiger partial charge in [0.15, 0.2) is 0 Å². The molecule has 7 nitrogen and oxygen atoms in total. The first-order chi connectivity index (χ1) is 11.2. The van der Waals surface area contributed by atoms with Crippen LogP contribution < -0.4 is 5.32 Å². The van der Waals surface area contributed by atoms with Crippen molar-refractivity contribution < 1.29 is 4.74 Å². The summed E-state index contributed by atoms with van der Waals surface area (Å²) in [6.07, 6.45) is 1.84. The summed E-state index contributed by atoms with van der Waals surface area (Å²) in [6.45, 7) is 9.46. The Morgan fingerprint density at radius 2 is 2.26 bits per heavy atom. The molecule has 1 N–H and O–H groups in total. The van der Waals surface area contributed by atoms with Crippen LogP contribution in [0.2, 0.25) is 0 Å². The molecule has 0 amide bonds. The van der Waals surface area contributed by atoms with Crippen LogP contribution >= 0.6 is 0 Å². The molecule has 124 valence electrons. The second kappa shape index (κ2) is 7.52. The fourth-order valence-corrected chi connectivity index (χ4v) is 2.86. The van der Waals surface area contributed by atoms with E-state index >= 15 is 0 Å². The van der Waals surface area contributed by atoms with Crippen molar-refractivity contribution in [3.63, 3.8) is 0 Å². The molecule has 3 heterocycles. The molecule has 1 aliphatic rings. The lowest BCUT2D eigenvalue weighted by Crippen LogP contribution is -2.46. The van der Waals surface area contributed by atoms with E-state index < -0.39 is 0 Å². The second-order valence-corrected chi connectivity index (χ2v) is 5.93. The first-order valence-corrected chi connectivity index (χ1v) is 8.07. The van der Waals surface area contributed by atoms with Gasteiger partial charge in [-0.1, -0.05) is 0 Å². The van der Waals surface area contributed by atoms with E-state index in [9.17, 15) is 0 Å². The quantitative estimate of drug-likeness (QED) is 0.861. The van der Waals surface area contributed by atoms with Gasteiger partial charge in [-0.15, -0.1) is 5.10 Å². The number of nitrogens with one attached hydrogen (secondary N) is 1. The van der Waals surface area contributed by atoms with Crippen LogP contribution in [0.1, 0.15) is 11.4 Å². The second-order valence-electron chi connectivity index (χ2n) is 5.93. The van der Waals surface area contributed by atoms with Gasteiger partial charge in [0.05, 0.1) is 24.9 Å². The predicted molar refractivity (Wildman–Crippen MR) is 88.4 cm³/mol. The van der Waals surface area contributed by atoms with E-state index in [2.05, 4.69) is 43.2 Å². The van der Waals surface area contributed by atoms with E-state index in [-0.39, 0.29) is 6.10 Å². The number of aromatic nitrogens is 4. The third kappa shape index (κ3) is 4.49. The number of rotatable bonds is 6. The van der Waals surface area contributed by atoms with E-state index in [1.165, 1.54) is 5.69 Å². The van der Waals surface area contributed by atoms with Crippen LogP contribution in [0.4, 0.5) is 5.82 Å². The van der Waals surface area contributed by atoms with Gasteiger partial charge >= 0.3 is 0 Å². The number of hydrogen-bond acceptors (Lipinski definition) is 6. The van der Waals surface area contributed by atoms with Gasteiger partial charge in [0.1, 0.15) is 5.82 Å². The number of hydrogen-bond donors (Lipinski definition) is 1. The minimum Gasteiger partial charge on any atom is -0.374 e. The Hall–Kier alpha value is -1.99. The summed E-state index contributed by atoms with van der Waals surface area (Å²) in [6, 6.07) is 5.90. The largest absolute Gasteiger partial charge is 0.374 e. The van der Waals surface area contributed by atoms with Gasteiger partial charge in [0.2, 0.25) is 0 Å². The van der Waals surface area contributed by atoms with Crippen LogP contribution in [0.3, 0.4) is 0 Å². The summed E-state index contributed by atoms with van der Waals surface area (Å²) in [7, 11) is 0. The third-order valence-electron chi connectivity index (χ3n) is 4.04. The van der Waals surface area contributed by atoms with E-state index in [0.717, 1.165) is 50.8 Å². The Morgan fingerprint density at radius 3 is 3.00 bits per heavy atom. The monoisotopic (exact) mass is 316 g/mol. The fraction of sp³-hybridized carbons (Fsp3) is 0.562. The fourth-order valence-electron chi connectivity index (χ4n) is 2.86. The molecule has 0 bridgehead atoms. The van der Waals surface area contributed by atoms with Gasteiger partial charge in [0, 0.05) is 38.1 Å². The first-order valence-electron chi connectivity index (χ1n) is 8.07. The van der Waals surface area contributed by atoms with E-state index in [1.54, 1.807) is 6.20 Å². The maximum atomic E-state index is 5.84. The molecule has 0 radical (unpaired) electrons. The molecule has 0 spiro atoms. The molecule has 0 aliphatic carbocycles. The Labute approximate surface area is 136 Å². The van der Waals surface area contributed by atoms with Crippen molar-refractivity contribution in [1.82, 2.24) is 24.9 Å². The Bertz CT molecular complexity index is 614. The lowest BCUT2D eigenvalue weighted by molar-refractivity contribution is -0.0223. The third-order valence-corrected chi connectivity index (χ3v) is 4.04. The molecule has 0 unspecified atom stereocenters. The zero-order valence-corrected chi connectivity index (χ0v) is 13.8. The number of ether oxygens (including phenoxy) is 1. The van der Waals surface area contributed by atoms with Crippen molar-refractivity contribution in [3.05, 3.63) is 35.8 Å². The summed E-state index contributed by atoms with van der Waals surface area (Å²) < 4.78 is 7.92. The highest BCUT2D eigenvalue weighted by Crippen LogP contribution is 2.08. The Morgan fingerprint density at radius 1 is 1.35 bits per heavy atom. The van der Waals surface area contributed by atoms with Crippen molar-refractivity contribution in [1.29, 1.82) is 0 Å². The minimum atomic E-state index is 0.172. The average molecular weight is 316 g/mol. The molecule has 1 aliphatic heterocycles. The number of nitrogens with zero attached hydrogens (tertiary/aromatic N) is 5. The maximum Gasteiger partial charge on any atom is 0.148 e. The van der Waals surface area contributed by atoms with Crippen molar-refractivity contribution >= 4 is 5.82 Å². The molecule has 2 aromatic heterocycles. The summed E-state index contributed by atoms with van der Waals surface area (Å²) >= 11 is 0. The maximum absolute atomic E-state index is 5.84. The van der Waals surface area contributed by atoms with E-state index in [1.807, 2.05) is 19.1 Å². The summed E-state index contributed by atoms with van der Waals surface area (Å²) in [5.74, 6) is 0.788. The average Bonchev–Trinajstić information content (AvgIpc) is 2.90. The smallest absolute Gasteiger partial charge is 0.148 e. The molecular weight excluding hydrogens is 292 g/mol. The van der Waals surface area contributed by atoms with Crippen LogP contribution in [0.15, 0.2) is 24.4 Å². The van der Waals surface area contributed by atoms with Gasteiger partial charge in [0.25, 0.3) is 0 Å². The standard InChI is InChI=1S/C16H24N6O/c1-13-10-14(2)22(20-13)7-6-21-8-9-23-15(12-21)11-17-16-4-3-5-18-19-16/h3-5,10,15H,6-9,11-12H2,1-2H3,(H,17,19)/t15-/m1/s1. The van der Waals surface area contributed by atoms with Crippen LogP contribution in [0.25, 0.3) is 0 Å². The minimum absolute atomic E-state index is 0.172. The molecule has 0 saturated carbocycles. The van der Waals surface area contributed by atoms with Gasteiger partial charge in [-0.2, -0.15) is 10.2 Å². The topological polar surface area (TPSA) is 68.1 Å². The lowest BCUT2D eigenvalue weighted by atomic mass is 10.2. The Kier molecular flexibility index (Phi) is 5.19.